The van der Waals surface area contributed by atoms with Crippen LogP contribution in [0.3, 0.4) is 0 Å². The Kier molecular flexibility index (Phi) is 7.75. The highest BCUT2D eigenvalue weighted by molar-refractivity contribution is 5.89. The number of nitrogens with one attached hydrogen (secondary N) is 1. The zero-order valence-electron chi connectivity index (χ0n) is 19.3. The molecule has 1 atom stereocenters. The van der Waals surface area contributed by atoms with Crippen molar-refractivity contribution in [1.82, 2.24) is 15.2 Å². The van der Waals surface area contributed by atoms with Gasteiger partial charge >= 0.3 is 0 Å². The summed E-state index contributed by atoms with van der Waals surface area (Å²) >= 11 is 0. The molecule has 0 spiro atoms. The average molecular weight is 460 g/mol. The van der Waals surface area contributed by atoms with E-state index >= 15 is 0 Å². The SMILES string of the molecule is CCOc1ccc(Oc2cc(CNC(=O)C(c3ccccc3)N3CCCCC3=O)ccn2)cc1. The van der Waals surface area contributed by atoms with Crippen LogP contribution in [0.4, 0.5) is 0 Å². The molecule has 34 heavy (non-hydrogen) atoms. The van der Waals surface area contributed by atoms with Gasteiger partial charge in [0.15, 0.2) is 0 Å². The molecule has 7 nitrogen and oxygen atoms in total. The quantitative estimate of drug-likeness (QED) is 0.504. The molecule has 1 aliphatic heterocycles. The zero-order valence-corrected chi connectivity index (χ0v) is 19.3. The molecule has 2 heterocycles. The molecule has 1 fully saturated rings. The minimum absolute atomic E-state index is 0.0187. The molecule has 4 rings (SSSR count). The van der Waals surface area contributed by atoms with Gasteiger partial charge in [-0.25, -0.2) is 4.98 Å². The Morgan fingerprint density at radius 3 is 2.56 bits per heavy atom. The molecule has 2 amide bonds. The second-order valence-corrected chi connectivity index (χ2v) is 8.08. The molecule has 3 aromatic rings. The van der Waals surface area contributed by atoms with Crippen molar-refractivity contribution in [2.24, 2.45) is 0 Å². The Balaban J connectivity index is 1.43. The largest absolute Gasteiger partial charge is 0.494 e. The van der Waals surface area contributed by atoms with Gasteiger partial charge in [-0.05, 0) is 61.2 Å². The number of benzene rings is 2. The van der Waals surface area contributed by atoms with E-state index in [1.165, 1.54) is 0 Å². The highest BCUT2D eigenvalue weighted by Gasteiger charge is 2.32. The van der Waals surface area contributed by atoms with Crippen LogP contribution >= 0.6 is 0 Å². The summed E-state index contributed by atoms with van der Waals surface area (Å²) in [5.41, 5.74) is 1.66. The maximum absolute atomic E-state index is 13.3. The van der Waals surface area contributed by atoms with Gasteiger partial charge in [0.25, 0.3) is 0 Å². The van der Waals surface area contributed by atoms with Crippen molar-refractivity contribution in [1.29, 1.82) is 0 Å². The normalized spacial score (nSPS) is 14.4. The van der Waals surface area contributed by atoms with Gasteiger partial charge in [0.1, 0.15) is 17.5 Å². The molecule has 1 aromatic heterocycles. The Morgan fingerprint density at radius 2 is 1.82 bits per heavy atom. The van der Waals surface area contributed by atoms with Gasteiger partial charge in [0, 0.05) is 31.8 Å². The standard InChI is InChI=1S/C27H29N3O4/c1-2-33-22-11-13-23(14-12-22)34-24-18-20(15-16-28-24)19-29-27(32)26(21-8-4-3-5-9-21)30-17-7-6-10-25(30)31/h3-5,8-9,11-16,18,26H,2,6-7,10,17,19H2,1H3,(H,29,32). The first-order chi connectivity index (χ1) is 16.6. The second kappa shape index (κ2) is 11.3. The Morgan fingerprint density at radius 1 is 1.06 bits per heavy atom. The second-order valence-electron chi connectivity index (χ2n) is 8.08. The number of amides is 2. The van der Waals surface area contributed by atoms with Crippen molar-refractivity contribution in [3.05, 3.63) is 84.1 Å². The number of ether oxygens (including phenoxy) is 2. The van der Waals surface area contributed by atoms with Crippen molar-refractivity contribution in [2.75, 3.05) is 13.2 Å². The highest BCUT2D eigenvalue weighted by Crippen LogP contribution is 2.26. The predicted molar refractivity (Wildman–Crippen MR) is 129 cm³/mol. The summed E-state index contributed by atoms with van der Waals surface area (Å²) in [5.74, 6) is 1.67. The monoisotopic (exact) mass is 459 g/mol. The van der Waals surface area contributed by atoms with Crippen LogP contribution < -0.4 is 14.8 Å². The number of hydrogen-bond donors (Lipinski definition) is 1. The van der Waals surface area contributed by atoms with Crippen molar-refractivity contribution in [2.45, 2.75) is 38.8 Å². The smallest absolute Gasteiger partial charge is 0.247 e. The van der Waals surface area contributed by atoms with Crippen molar-refractivity contribution < 1.29 is 19.1 Å². The Hall–Kier alpha value is -3.87. The van der Waals surface area contributed by atoms with E-state index in [1.54, 1.807) is 17.2 Å². The fraction of sp³-hybridized carbons (Fsp3) is 0.296. The number of aromatic nitrogens is 1. The first-order valence-electron chi connectivity index (χ1n) is 11.6. The van der Waals surface area contributed by atoms with Crippen LogP contribution in [0, 0.1) is 0 Å². The summed E-state index contributed by atoms with van der Waals surface area (Å²) in [4.78, 5) is 31.8. The van der Waals surface area contributed by atoms with Gasteiger partial charge in [-0.15, -0.1) is 0 Å². The lowest BCUT2D eigenvalue weighted by molar-refractivity contribution is -0.142. The van der Waals surface area contributed by atoms with Crippen LogP contribution in [0.2, 0.25) is 0 Å². The third kappa shape index (κ3) is 5.92. The van der Waals surface area contributed by atoms with E-state index in [2.05, 4.69) is 10.3 Å². The van der Waals surface area contributed by atoms with Gasteiger partial charge in [-0.1, -0.05) is 30.3 Å². The molecule has 0 radical (unpaired) electrons. The molecule has 1 aliphatic rings. The molecule has 0 bridgehead atoms. The number of pyridine rings is 1. The number of rotatable bonds is 9. The molecule has 176 valence electrons. The Labute approximate surface area is 199 Å². The summed E-state index contributed by atoms with van der Waals surface area (Å²) in [5, 5.41) is 3.00. The molecular weight excluding hydrogens is 430 g/mol. The van der Waals surface area contributed by atoms with Crippen LogP contribution in [0.1, 0.15) is 43.4 Å². The highest BCUT2D eigenvalue weighted by atomic mass is 16.5. The van der Waals surface area contributed by atoms with E-state index in [1.807, 2.05) is 67.6 Å². The first kappa shape index (κ1) is 23.3. The number of carbonyl (C=O) groups excluding carboxylic acids is 2. The lowest BCUT2D eigenvalue weighted by Gasteiger charge is -2.34. The maximum Gasteiger partial charge on any atom is 0.247 e. The first-order valence-corrected chi connectivity index (χ1v) is 11.6. The number of likely N-dealkylation sites (tertiary alicyclic amines) is 1. The van der Waals surface area contributed by atoms with Gasteiger partial charge in [0.05, 0.1) is 6.61 Å². The van der Waals surface area contributed by atoms with Crippen LogP contribution in [-0.2, 0) is 16.1 Å². The van der Waals surface area contributed by atoms with E-state index in [9.17, 15) is 9.59 Å². The zero-order chi connectivity index (χ0) is 23.8. The molecule has 1 unspecified atom stereocenters. The maximum atomic E-state index is 13.3. The van der Waals surface area contributed by atoms with E-state index in [0.717, 1.165) is 29.7 Å². The number of piperidine rings is 1. The molecule has 0 aliphatic carbocycles. The van der Waals surface area contributed by atoms with Crippen LogP contribution in [-0.4, -0.2) is 34.8 Å². The third-order valence-electron chi connectivity index (χ3n) is 5.66. The molecule has 1 N–H and O–H groups in total. The fourth-order valence-corrected chi connectivity index (χ4v) is 4.00. The van der Waals surface area contributed by atoms with Crippen molar-refractivity contribution in [3.63, 3.8) is 0 Å². The van der Waals surface area contributed by atoms with Crippen LogP contribution in [0.25, 0.3) is 0 Å². The molecule has 7 heteroatoms. The van der Waals surface area contributed by atoms with Gasteiger partial charge in [-0.2, -0.15) is 0 Å². The molecular formula is C27H29N3O4. The van der Waals surface area contributed by atoms with E-state index in [0.29, 0.717) is 37.7 Å². The van der Waals surface area contributed by atoms with Gasteiger partial charge in [0.2, 0.25) is 17.7 Å². The summed E-state index contributed by atoms with van der Waals surface area (Å²) in [6.07, 6.45) is 3.90. The Bertz CT molecular complexity index is 1100. The average Bonchev–Trinajstić information content (AvgIpc) is 2.86. The molecule has 1 saturated heterocycles. The molecule has 2 aromatic carbocycles. The van der Waals surface area contributed by atoms with E-state index < -0.39 is 6.04 Å². The van der Waals surface area contributed by atoms with Crippen LogP contribution in [0.5, 0.6) is 17.4 Å². The van der Waals surface area contributed by atoms with Crippen LogP contribution in [0.15, 0.2) is 72.9 Å². The number of hydrogen-bond acceptors (Lipinski definition) is 5. The number of nitrogens with zero attached hydrogens (tertiary/aromatic N) is 2. The van der Waals surface area contributed by atoms with E-state index in [-0.39, 0.29) is 11.8 Å². The topological polar surface area (TPSA) is 80.8 Å². The van der Waals surface area contributed by atoms with E-state index in [4.69, 9.17) is 9.47 Å². The minimum atomic E-state index is -0.643. The summed E-state index contributed by atoms with van der Waals surface area (Å²) in [6.45, 7) is 3.42. The lowest BCUT2D eigenvalue weighted by Crippen LogP contribution is -2.45. The summed E-state index contributed by atoms with van der Waals surface area (Å²) < 4.78 is 11.3. The summed E-state index contributed by atoms with van der Waals surface area (Å²) in [6, 6.07) is 19.8. The van der Waals surface area contributed by atoms with Crippen molar-refractivity contribution >= 4 is 11.8 Å². The van der Waals surface area contributed by atoms with Gasteiger partial charge < -0.3 is 19.7 Å². The fourth-order valence-electron chi connectivity index (χ4n) is 4.00. The minimum Gasteiger partial charge on any atom is -0.494 e. The number of carbonyl (C=O) groups is 2. The summed E-state index contributed by atoms with van der Waals surface area (Å²) in [7, 11) is 0. The third-order valence-corrected chi connectivity index (χ3v) is 5.66. The molecule has 0 saturated carbocycles. The lowest BCUT2D eigenvalue weighted by atomic mass is 10.0. The van der Waals surface area contributed by atoms with Crippen molar-refractivity contribution in [3.8, 4) is 17.4 Å². The predicted octanol–water partition coefficient (Wildman–Crippen LogP) is 4.64. The van der Waals surface area contributed by atoms with Gasteiger partial charge in [-0.3, -0.25) is 9.59 Å².